The van der Waals surface area contributed by atoms with Crippen molar-refractivity contribution in [2.24, 2.45) is 0 Å². The molecule has 1 aromatic carbocycles. The second kappa shape index (κ2) is 8.33. The molecule has 3 aromatic rings. The summed E-state index contributed by atoms with van der Waals surface area (Å²) in [7, 11) is 1.64. The van der Waals surface area contributed by atoms with Crippen LogP contribution in [0.1, 0.15) is 30.8 Å². The van der Waals surface area contributed by atoms with Crippen molar-refractivity contribution in [3.05, 3.63) is 41.5 Å². The minimum Gasteiger partial charge on any atom is -0.497 e. The number of aromatic nitrogens is 2. The summed E-state index contributed by atoms with van der Waals surface area (Å²) in [4.78, 5) is 17.9. The van der Waals surface area contributed by atoms with Gasteiger partial charge in [0.25, 0.3) is 5.91 Å². The Morgan fingerprint density at radius 3 is 3.00 bits per heavy atom. The lowest BCUT2D eigenvalue weighted by molar-refractivity contribution is 0.0756. The highest BCUT2D eigenvalue weighted by Gasteiger charge is 2.15. The maximum Gasteiger partial charge on any atom is 0.269 e. The molecule has 0 aliphatic heterocycles. The standard InChI is InChI=1S/C19H23N3O3S/c1-13(2)25-9-5-8-20-18(23)17-12-26-19-21-16(11-22(17)19)14-6-4-7-15(10-14)24-3/h4,6-7,10-13H,5,8-9H2,1-3H3,(H,20,23). The van der Waals surface area contributed by atoms with E-state index in [0.717, 1.165) is 28.4 Å². The zero-order valence-corrected chi connectivity index (χ0v) is 16.0. The number of benzene rings is 1. The molecule has 2 heterocycles. The Balaban J connectivity index is 1.70. The topological polar surface area (TPSA) is 64.9 Å². The highest BCUT2D eigenvalue weighted by Crippen LogP contribution is 2.26. The van der Waals surface area contributed by atoms with Gasteiger partial charge in [-0.1, -0.05) is 12.1 Å². The van der Waals surface area contributed by atoms with E-state index >= 15 is 0 Å². The second-order valence-electron chi connectivity index (χ2n) is 6.16. The Morgan fingerprint density at radius 1 is 1.38 bits per heavy atom. The lowest BCUT2D eigenvalue weighted by Crippen LogP contribution is -2.26. The summed E-state index contributed by atoms with van der Waals surface area (Å²) in [6.45, 7) is 5.22. The first-order valence-electron chi connectivity index (χ1n) is 8.59. The van der Waals surface area contributed by atoms with Crippen molar-refractivity contribution in [1.29, 1.82) is 0 Å². The predicted octanol–water partition coefficient (Wildman–Crippen LogP) is 3.62. The van der Waals surface area contributed by atoms with Gasteiger partial charge in [-0.25, -0.2) is 4.98 Å². The highest BCUT2D eigenvalue weighted by atomic mass is 32.1. The average molecular weight is 373 g/mol. The zero-order chi connectivity index (χ0) is 18.5. The molecule has 26 heavy (non-hydrogen) atoms. The lowest BCUT2D eigenvalue weighted by Gasteiger charge is -2.08. The number of imidazole rings is 1. The van der Waals surface area contributed by atoms with E-state index < -0.39 is 0 Å². The van der Waals surface area contributed by atoms with E-state index in [1.807, 2.05) is 54.1 Å². The van der Waals surface area contributed by atoms with Crippen LogP contribution in [-0.4, -0.2) is 41.7 Å². The van der Waals surface area contributed by atoms with Gasteiger partial charge in [-0.2, -0.15) is 0 Å². The number of carbonyl (C=O) groups excluding carboxylic acids is 1. The fourth-order valence-corrected chi connectivity index (χ4v) is 3.41. The van der Waals surface area contributed by atoms with Crippen molar-refractivity contribution in [2.45, 2.75) is 26.4 Å². The van der Waals surface area contributed by atoms with Gasteiger partial charge >= 0.3 is 0 Å². The number of ether oxygens (including phenoxy) is 2. The number of hydrogen-bond donors (Lipinski definition) is 1. The van der Waals surface area contributed by atoms with Crippen molar-refractivity contribution < 1.29 is 14.3 Å². The van der Waals surface area contributed by atoms with Crippen LogP contribution in [0.15, 0.2) is 35.8 Å². The Labute approximate surface area is 156 Å². The molecule has 0 aliphatic rings. The molecule has 1 N–H and O–H groups in total. The number of nitrogens with one attached hydrogen (secondary N) is 1. The van der Waals surface area contributed by atoms with Gasteiger partial charge in [0.05, 0.1) is 18.9 Å². The molecule has 0 aliphatic carbocycles. The largest absolute Gasteiger partial charge is 0.497 e. The van der Waals surface area contributed by atoms with Gasteiger partial charge in [0.2, 0.25) is 0 Å². The summed E-state index contributed by atoms with van der Waals surface area (Å²) in [6, 6.07) is 7.72. The minimum atomic E-state index is -0.101. The van der Waals surface area contributed by atoms with Gasteiger partial charge in [0, 0.05) is 30.3 Å². The monoisotopic (exact) mass is 373 g/mol. The number of carbonyl (C=O) groups is 1. The quantitative estimate of drug-likeness (QED) is 0.613. The molecular weight excluding hydrogens is 350 g/mol. The third-order valence-electron chi connectivity index (χ3n) is 3.87. The molecule has 0 unspecified atom stereocenters. The summed E-state index contributed by atoms with van der Waals surface area (Å²) in [5.74, 6) is 0.677. The van der Waals surface area contributed by atoms with Crippen LogP contribution in [-0.2, 0) is 4.74 Å². The van der Waals surface area contributed by atoms with Crippen LogP contribution < -0.4 is 10.1 Å². The van der Waals surface area contributed by atoms with Crippen molar-refractivity contribution in [3.8, 4) is 17.0 Å². The van der Waals surface area contributed by atoms with Crippen molar-refractivity contribution in [1.82, 2.24) is 14.7 Å². The molecule has 0 fully saturated rings. The highest BCUT2D eigenvalue weighted by molar-refractivity contribution is 7.15. The van der Waals surface area contributed by atoms with Crippen molar-refractivity contribution in [2.75, 3.05) is 20.3 Å². The third-order valence-corrected chi connectivity index (χ3v) is 4.70. The first kappa shape index (κ1) is 18.4. The van der Waals surface area contributed by atoms with Gasteiger partial charge < -0.3 is 14.8 Å². The van der Waals surface area contributed by atoms with E-state index in [-0.39, 0.29) is 12.0 Å². The number of rotatable bonds is 8. The predicted molar refractivity (Wildman–Crippen MR) is 103 cm³/mol. The van der Waals surface area contributed by atoms with E-state index in [0.29, 0.717) is 18.8 Å². The maximum atomic E-state index is 12.4. The molecule has 0 radical (unpaired) electrons. The van der Waals surface area contributed by atoms with Crippen molar-refractivity contribution in [3.63, 3.8) is 0 Å². The van der Waals surface area contributed by atoms with Crippen LogP contribution in [0.5, 0.6) is 5.75 Å². The van der Waals surface area contributed by atoms with Crippen molar-refractivity contribution >= 4 is 22.2 Å². The SMILES string of the molecule is COc1cccc(-c2cn3c(C(=O)NCCCOC(C)C)csc3n2)c1. The normalized spacial score (nSPS) is 11.2. The lowest BCUT2D eigenvalue weighted by atomic mass is 10.1. The van der Waals surface area contributed by atoms with Gasteiger partial charge in [-0.05, 0) is 32.4 Å². The molecule has 0 saturated heterocycles. The summed E-state index contributed by atoms with van der Waals surface area (Å²) in [5.41, 5.74) is 2.36. The Kier molecular flexibility index (Phi) is 5.90. The molecule has 0 saturated carbocycles. The van der Waals surface area contributed by atoms with E-state index in [4.69, 9.17) is 9.47 Å². The minimum absolute atomic E-state index is 0.101. The fourth-order valence-electron chi connectivity index (χ4n) is 2.55. The van der Waals surface area contributed by atoms with E-state index in [2.05, 4.69) is 10.3 Å². The molecule has 0 bridgehead atoms. The number of thiazole rings is 1. The van der Waals surface area contributed by atoms with E-state index in [1.165, 1.54) is 11.3 Å². The smallest absolute Gasteiger partial charge is 0.269 e. The van der Waals surface area contributed by atoms with Crippen LogP contribution in [0, 0.1) is 0 Å². The van der Waals surface area contributed by atoms with Gasteiger partial charge in [0.1, 0.15) is 11.4 Å². The first-order valence-corrected chi connectivity index (χ1v) is 9.47. The molecule has 7 heteroatoms. The summed E-state index contributed by atoms with van der Waals surface area (Å²) >= 11 is 1.45. The van der Waals surface area contributed by atoms with Gasteiger partial charge in [0.15, 0.2) is 4.96 Å². The third kappa shape index (κ3) is 4.23. The number of amides is 1. The summed E-state index contributed by atoms with van der Waals surface area (Å²) in [5, 5.41) is 4.77. The maximum absolute atomic E-state index is 12.4. The van der Waals surface area contributed by atoms with Gasteiger partial charge in [-0.3, -0.25) is 9.20 Å². The van der Waals surface area contributed by atoms with Crippen LogP contribution >= 0.6 is 11.3 Å². The van der Waals surface area contributed by atoms with Crippen LogP contribution in [0.25, 0.3) is 16.2 Å². The molecule has 138 valence electrons. The van der Waals surface area contributed by atoms with E-state index in [1.54, 1.807) is 7.11 Å². The molecule has 3 rings (SSSR count). The van der Waals surface area contributed by atoms with Crippen LogP contribution in [0.3, 0.4) is 0 Å². The molecule has 2 aromatic heterocycles. The number of fused-ring (bicyclic) bond motifs is 1. The van der Waals surface area contributed by atoms with Crippen LogP contribution in [0.4, 0.5) is 0 Å². The molecule has 1 amide bonds. The Bertz CT molecular complexity index is 885. The molecule has 0 spiro atoms. The molecule has 0 atom stereocenters. The van der Waals surface area contributed by atoms with Gasteiger partial charge in [-0.15, -0.1) is 11.3 Å². The summed E-state index contributed by atoms with van der Waals surface area (Å²) in [6.07, 6.45) is 2.89. The number of methoxy groups -OCH3 is 1. The second-order valence-corrected chi connectivity index (χ2v) is 7.00. The summed E-state index contributed by atoms with van der Waals surface area (Å²) < 4.78 is 12.6. The number of hydrogen-bond acceptors (Lipinski definition) is 5. The Hall–Kier alpha value is -2.38. The van der Waals surface area contributed by atoms with Crippen LogP contribution in [0.2, 0.25) is 0 Å². The fraction of sp³-hybridized carbons (Fsp3) is 0.368. The van der Waals surface area contributed by atoms with E-state index in [9.17, 15) is 4.79 Å². The average Bonchev–Trinajstić information content (AvgIpc) is 3.21. The molecule has 6 nitrogen and oxygen atoms in total. The number of nitrogens with zero attached hydrogens (tertiary/aromatic N) is 2. The Morgan fingerprint density at radius 2 is 2.23 bits per heavy atom. The first-order chi connectivity index (χ1) is 12.6. The zero-order valence-electron chi connectivity index (χ0n) is 15.2. The molecular formula is C19H23N3O3S.